The molecule has 0 aliphatic rings. The number of hydrogen-bond donors (Lipinski definition) is 2. The highest BCUT2D eigenvalue weighted by Crippen LogP contribution is 2.07. The number of benzene rings is 1. The summed E-state index contributed by atoms with van der Waals surface area (Å²) in [5.41, 5.74) is 2.36. The van der Waals surface area contributed by atoms with E-state index in [4.69, 9.17) is 5.26 Å². The van der Waals surface area contributed by atoms with Gasteiger partial charge in [0.1, 0.15) is 0 Å². The predicted octanol–water partition coefficient (Wildman–Crippen LogP) is 1.68. The zero-order valence-corrected chi connectivity index (χ0v) is 10.8. The number of aromatic nitrogens is 1. The summed E-state index contributed by atoms with van der Waals surface area (Å²) in [4.78, 5) is 15.6. The van der Waals surface area contributed by atoms with Crippen LogP contribution >= 0.6 is 0 Å². The number of nitrogens with zero attached hydrogens (tertiary/aromatic N) is 2. The number of nitrogens with one attached hydrogen (secondary N) is 2. The van der Waals surface area contributed by atoms with Gasteiger partial charge in [-0.25, -0.2) is 0 Å². The molecule has 100 valence electrons. The Kier molecular flexibility index (Phi) is 4.68. The van der Waals surface area contributed by atoms with Crippen LogP contribution in [0.1, 0.15) is 11.1 Å². The van der Waals surface area contributed by atoms with Crippen LogP contribution in [0.4, 0.5) is 5.69 Å². The molecule has 2 rings (SSSR count). The highest BCUT2D eigenvalue weighted by molar-refractivity contribution is 5.80. The smallest absolute Gasteiger partial charge is 0.239 e. The Balaban J connectivity index is 1.76. The van der Waals surface area contributed by atoms with Gasteiger partial charge in [0.2, 0.25) is 5.91 Å². The maximum absolute atomic E-state index is 11.7. The van der Waals surface area contributed by atoms with Crippen molar-refractivity contribution >= 4 is 11.6 Å². The number of amides is 1. The Morgan fingerprint density at radius 3 is 2.70 bits per heavy atom. The summed E-state index contributed by atoms with van der Waals surface area (Å²) in [6.45, 7) is 0.647. The molecule has 1 amide bonds. The van der Waals surface area contributed by atoms with Crippen molar-refractivity contribution in [1.82, 2.24) is 10.3 Å². The van der Waals surface area contributed by atoms with Crippen LogP contribution in [0.15, 0.2) is 48.8 Å². The van der Waals surface area contributed by atoms with Crippen molar-refractivity contribution in [2.45, 2.75) is 6.54 Å². The van der Waals surface area contributed by atoms with Gasteiger partial charge >= 0.3 is 0 Å². The molecule has 0 fully saturated rings. The maximum Gasteiger partial charge on any atom is 0.239 e. The first kappa shape index (κ1) is 13.6. The molecule has 0 bridgehead atoms. The van der Waals surface area contributed by atoms with Gasteiger partial charge < -0.3 is 10.6 Å². The number of carbonyl (C=O) groups is 1. The van der Waals surface area contributed by atoms with E-state index in [-0.39, 0.29) is 12.5 Å². The molecule has 2 aromatic rings. The molecule has 2 N–H and O–H groups in total. The normalized spacial score (nSPS) is 9.55. The van der Waals surface area contributed by atoms with E-state index in [2.05, 4.69) is 15.6 Å². The molecule has 0 saturated heterocycles. The molecule has 0 aliphatic heterocycles. The van der Waals surface area contributed by atoms with Crippen molar-refractivity contribution in [2.75, 3.05) is 11.9 Å². The number of nitriles is 1. The van der Waals surface area contributed by atoms with Gasteiger partial charge in [0, 0.05) is 24.6 Å². The van der Waals surface area contributed by atoms with E-state index < -0.39 is 0 Å². The van der Waals surface area contributed by atoms with Crippen LogP contribution in [0.25, 0.3) is 0 Å². The lowest BCUT2D eigenvalue weighted by atomic mass is 10.2. The molecular weight excluding hydrogens is 252 g/mol. The molecule has 1 aromatic carbocycles. The molecule has 0 aliphatic carbocycles. The molecule has 5 nitrogen and oxygen atoms in total. The second-order valence-corrected chi connectivity index (χ2v) is 4.18. The quantitative estimate of drug-likeness (QED) is 0.863. The van der Waals surface area contributed by atoms with Crippen molar-refractivity contribution in [2.24, 2.45) is 0 Å². The molecule has 20 heavy (non-hydrogen) atoms. The fourth-order valence-corrected chi connectivity index (χ4v) is 1.61. The van der Waals surface area contributed by atoms with E-state index in [9.17, 15) is 4.79 Å². The molecule has 1 aromatic heterocycles. The molecule has 0 saturated carbocycles. The van der Waals surface area contributed by atoms with E-state index >= 15 is 0 Å². The van der Waals surface area contributed by atoms with E-state index in [0.29, 0.717) is 12.1 Å². The molecular formula is C15H14N4O. The Hall–Kier alpha value is -2.87. The minimum Gasteiger partial charge on any atom is -0.376 e. The van der Waals surface area contributed by atoms with Crippen LogP contribution in [0.2, 0.25) is 0 Å². The van der Waals surface area contributed by atoms with E-state index in [1.54, 1.807) is 36.7 Å². The summed E-state index contributed by atoms with van der Waals surface area (Å²) in [6, 6.07) is 12.7. The van der Waals surface area contributed by atoms with Crippen molar-refractivity contribution < 1.29 is 4.79 Å². The second kappa shape index (κ2) is 6.90. The summed E-state index contributed by atoms with van der Waals surface area (Å²) in [5, 5.41) is 14.5. The minimum absolute atomic E-state index is 0.0989. The van der Waals surface area contributed by atoms with Crippen LogP contribution in [0.3, 0.4) is 0 Å². The topological polar surface area (TPSA) is 77.8 Å². The van der Waals surface area contributed by atoms with Gasteiger partial charge in [-0.1, -0.05) is 6.07 Å². The molecule has 0 radical (unpaired) electrons. The van der Waals surface area contributed by atoms with Crippen molar-refractivity contribution in [3.8, 4) is 6.07 Å². The SMILES string of the molecule is N#Cc1ccc(NCC(=O)NCc2cccnc2)cc1. The highest BCUT2D eigenvalue weighted by Gasteiger charge is 2.01. The third-order valence-electron chi connectivity index (χ3n) is 2.68. The lowest BCUT2D eigenvalue weighted by Gasteiger charge is -2.07. The Morgan fingerprint density at radius 2 is 2.05 bits per heavy atom. The lowest BCUT2D eigenvalue weighted by molar-refractivity contribution is -0.119. The highest BCUT2D eigenvalue weighted by atomic mass is 16.1. The molecule has 1 heterocycles. The van der Waals surface area contributed by atoms with Crippen LogP contribution in [0.5, 0.6) is 0 Å². The summed E-state index contributed by atoms with van der Waals surface area (Å²) < 4.78 is 0. The number of rotatable bonds is 5. The Bertz CT molecular complexity index is 602. The summed E-state index contributed by atoms with van der Waals surface area (Å²) >= 11 is 0. The third kappa shape index (κ3) is 4.10. The standard InChI is InChI=1S/C15H14N4O/c16-8-12-3-5-14(6-4-12)18-11-15(20)19-10-13-2-1-7-17-9-13/h1-7,9,18H,10-11H2,(H,19,20). The Morgan fingerprint density at radius 1 is 1.25 bits per heavy atom. The van der Waals surface area contributed by atoms with Crippen LogP contribution in [-0.2, 0) is 11.3 Å². The Labute approximate surface area is 117 Å². The van der Waals surface area contributed by atoms with Crippen molar-refractivity contribution in [3.63, 3.8) is 0 Å². The van der Waals surface area contributed by atoms with E-state index in [0.717, 1.165) is 11.3 Å². The van der Waals surface area contributed by atoms with Gasteiger partial charge in [-0.3, -0.25) is 9.78 Å². The largest absolute Gasteiger partial charge is 0.376 e. The first-order valence-electron chi connectivity index (χ1n) is 6.17. The van der Waals surface area contributed by atoms with Gasteiger partial charge in [0.05, 0.1) is 18.2 Å². The molecule has 5 heteroatoms. The molecule has 0 atom stereocenters. The third-order valence-corrected chi connectivity index (χ3v) is 2.68. The fourth-order valence-electron chi connectivity index (χ4n) is 1.61. The maximum atomic E-state index is 11.7. The van der Waals surface area contributed by atoms with Gasteiger partial charge in [-0.05, 0) is 35.9 Å². The average Bonchev–Trinajstić information content (AvgIpc) is 2.52. The van der Waals surface area contributed by atoms with Crippen LogP contribution in [0, 0.1) is 11.3 Å². The van der Waals surface area contributed by atoms with Gasteiger partial charge in [0.25, 0.3) is 0 Å². The minimum atomic E-state index is -0.0989. The van der Waals surface area contributed by atoms with Crippen LogP contribution in [-0.4, -0.2) is 17.4 Å². The number of carbonyl (C=O) groups excluding carboxylic acids is 1. The van der Waals surface area contributed by atoms with E-state index in [1.165, 1.54) is 0 Å². The summed E-state index contributed by atoms with van der Waals surface area (Å²) in [7, 11) is 0. The van der Waals surface area contributed by atoms with E-state index in [1.807, 2.05) is 18.2 Å². The first-order chi connectivity index (χ1) is 9.78. The molecule has 0 unspecified atom stereocenters. The molecule has 0 spiro atoms. The number of hydrogen-bond acceptors (Lipinski definition) is 4. The first-order valence-corrected chi connectivity index (χ1v) is 6.17. The van der Waals surface area contributed by atoms with Crippen LogP contribution < -0.4 is 10.6 Å². The summed E-state index contributed by atoms with van der Waals surface area (Å²) in [6.07, 6.45) is 3.41. The average molecular weight is 266 g/mol. The fraction of sp³-hybridized carbons (Fsp3) is 0.133. The van der Waals surface area contributed by atoms with Gasteiger partial charge in [-0.15, -0.1) is 0 Å². The van der Waals surface area contributed by atoms with Crippen molar-refractivity contribution in [3.05, 3.63) is 59.9 Å². The zero-order valence-electron chi connectivity index (χ0n) is 10.8. The lowest BCUT2D eigenvalue weighted by Crippen LogP contribution is -2.29. The van der Waals surface area contributed by atoms with Gasteiger partial charge in [0.15, 0.2) is 0 Å². The number of pyridine rings is 1. The number of anilines is 1. The van der Waals surface area contributed by atoms with Gasteiger partial charge in [-0.2, -0.15) is 5.26 Å². The second-order valence-electron chi connectivity index (χ2n) is 4.18. The summed E-state index contributed by atoms with van der Waals surface area (Å²) in [5.74, 6) is -0.0989. The monoisotopic (exact) mass is 266 g/mol. The van der Waals surface area contributed by atoms with Crippen molar-refractivity contribution in [1.29, 1.82) is 5.26 Å². The zero-order chi connectivity index (χ0) is 14.2. The predicted molar refractivity (Wildman–Crippen MR) is 75.7 cm³/mol.